The van der Waals surface area contributed by atoms with Crippen molar-refractivity contribution in [2.24, 2.45) is 11.5 Å². The van der Waals surface area contributed by atoms with Crippen LogP contribution in [0.3, 0.4) is 0 Å². The van der Waals surface area contributed by atoms with Gasteiger partial charge in [-0.2, -0.15) is 0 Å². The number of aromatic amines is 1. The summed E-state index contributed by atoms with van der Waals surface area (Å²) in [5.41, 5.74) is 11.9. The number of benzene rings is 1. The van der Waals surface area contributed by atoms with Crippen molar-refractivity contribution in [3.63, 3.8) is 0 Å². The Morgan fingerprint density at radius 2 is 1.29 bits per heavy atom. The van der Waals surface area contributed by atoms with Gasteiger partial charge in [0.25, 0.3) is 0 Å². The van der Waals surface area contributed by atoms with E-state index in [9.17, 15) is 38.7 Å². The molecule has 11 N–H and O–H groups in total. The maximum absolute atomic E-state index is 13.1. The smallest absolute Gasteiger partial charge is 0.326 e. The van der Waals surface area contributed by atoms with Crippen LogP contribution in [0.5, 0.6) is 0 Å². The largest absolute Gasteiger partial charge is 0.481 e. The van der Waals surface area contributed by atoms with E-state index in [1.165, 1.54) is 0 Å². The molecule has 0 aliphatic carbocycles. The first-order valence-electron chi connectivity index (χ1n) is 12.4. The standard InChI is InChI=1S/C25H32N6O10/c26-14(10-19(27)32)22(37)29-16(5-7-20(33)34)23(38)30-17(6-8-21(35)36)24(39)31-18(25(40)41)9-12-11-28-15-4-2-1-3-13(12)15/h1-4,11,14,16-18,28H,5-10,26H2,(H2,27,32)(H,29,37)(H,30,38)(H,31,39)(H,33,34)(H,35,36)(H,40,41). The number of rotatable bonds is 17. The lowest BCUT2D eigenvalue weighted by molar-refractivity contribution is -0.143. The molecule has 4 atom stereocenters. The summed E-state index contributed by atoms with van der Waals surface area (Å²) in [5, 5.41) is 35.4. The van der Waals surface area contributed by atoms with Gasteiger partial charge in [0.15, 0.2) is 0 Å². The predicted octanol–water partition coefficient (Wildman–Crippen LogP) is -1.82. The molecule has 0 fully saturated rings. The summed E-state index contributed by atoms with van der Waals surface area (Å²) in [6.45, 7) is 0. The Morgan fingerprint density at radius 3 is 1.80 bits per heavy atom. The van der Waals surface area contributed by atoms with Crippen molar-refractivity contribution in [3.8, 4) is 0 Å². The van der Waals surface area contributed by atoms with Crippen LogP contribution in [0.2, 0.25) is 0 Å². The van der Waals surface area contributed by atoms with Crippen LogP contribution in [0.15, 0.2) is 30.5 Å². The fraction of sp³-hybridized carbons (Fsp3) is 0.400. The monoisotopic (exact) mass is 576 g/mol. The molecule has 2 aromatic rings. The Balaban J connectivity index is 2.22. The van der Waals surface area contributed by atoms with Crippen LogP contribution in [0.25, 0.3) is 10.9 Å². The molecule has 2 rings (SSSR count). The van der Waals surface area contributed by atoms with Crippen molar-refractivity contribution in [1.82, 2.24) is 20.9 Å². The molecule has 0 aliphatic rings. The molecule has 4 unspecified atom stereocenters. The molecule has 0 saturated heterocycles. The van der Waals surface area contributed by atoms with E-state index in [1.54, 1.807) is 30.5 Å². The quantitative estimate of drug-likeness (QED) is 0.101. The van der Waals surface area contributed by atoms with Gasteiger partial charge in [-0.05, 0) is 24.5 Å². The second-order valence-electron chi connectivity index (χ2n) is 9.23. The van der Waals surface area contributed by atoms with Crippen LogP contribution < -0.4 is 27.4 Å². The van der Waals surface area contributed by atoms with Gasteiger partial charge < -0.3 is 47.7 Å². The number of aromatic nitrogens is 1. The van der Waals surface area contributed by atoms with Crippen molar-refractivity contribution in [2.75, 3.05) is 0 Å². The molecule has 0 aliphatic heterocycles. The average molecular weight is 577 g/mol. The van der Waals surface area contributed by atoms with Gasteiger partial charge in [0.05, 0.1) is 12.5 Å². The maximum atomic E-state index is 13.1. The third-order valence-electron chi connectivity index (χ3n) is 6.03. The predicted molar refractivity (Wildman–Crippen MR) is 141 cm³/mol. The van der Waals surface area contributed by atoms with Gasteiger partial charge in [-0.3, -0.25) is 28.8 Å². The molecule has 222 valence electrons. The summed E-state index contributed by atoms with van der Waals surface area (Å²) >= 11 is 0. The number of carboxylic acid groups (broad SMARTS) is 3. The first-order chi connectivity index (χ1) is 19.3. The fourth-order valence-corrected chi connectivity index (χ4v) is 3.93. The molecule has 41 heavy (non-hydrogen) atoms. The molecular weight excluding hydrogens is 544 g/mol. The SMILES string of the molecule is NC(=O)CC(N)C(=O)NC(CCC(=O)O)C(=O)NC(CCC(=O)O)C(=O)NC(Cc1c[nH]c2ccccc12)C(=O)O. The number of carbonyl (C=O) groups is 7. The molecular formula is C25H32N6O10. The minimum Gasteiger partial charge on any atom is -0.481 e. The van der Waals surface area contributed by atoms with Crippen LogP contribution >= 0.6 is 0 Å². The Labute approximate surface area is 232 Å². The number of nitrogens with two attached hydrogens (primary N) is 2. The highest BCUT2D eigenvalue weighted by Crippen LogP contribution is 2.19. The molecule has 0 radical (unpaired) electrons. The number of para-hydroxylation sites is 1. The number of nitrogens with one attached hydrogen (secondary N) is 4. The summed E-state index contributed by atoms with van der Waals surface area (Å²) in [6.07, 6.45) is -1.17. The number of primary amides is 1. The minimum atomic E-state index is -1.56. The topological polar surface area (TPSA) is 284 Å². The minimum absolute atomic E-state index is 0.139. The Hall–Kier alpha value is -4.99. The Kier molecular flexibility index (Phi) is 11.8. The third-order valence-corrected chi connectivity index (χ3v) is 6.03. The fourth-order valence-electron chi connectivity index (χ4n) is 3.93. The van der Waals surface area contributed by atoms with E-state index < -0.39 is 97.8 Å². The Morgan fingerprint density at radius 1 is 0.780 bits per heavy atom. The highest BCUT2D eigenvalue weighted by atomic mass is 16.4. The van der Waals surface area contributed by atoms with Gasteiger partial charge in [0.2, 0.25) is 23.6 Å². The summed E-state index contributed by atoms with van der Waals surface area (Å²) < 4.78 is 0. The van der Waals surface area contributed by atoms with Gasteiger partial charge in [-0.25, -0.2) is 4.79 Å². The van der Waals surface area contributed by atoms with E-state index in [-0.39, 0.29) is 6.42 Å². The molecule has 1 aromatic heterocycles. The lowest BCUT2D eigenvalue weighted by Crippen LogP contribution is -2.57. The lowest BCUT2D eigenvalue weighted by Gasteiger charge is -2.25. The van der Waals surface area contributed by atoms with Crippen LogP contribution in [-0.2, 0) is 40.0 Å². The summed E-state index contributed by atoms with van der Waals surface area (Å²) in [7, 11) is 0. The van der Waals surface area contributed by atoms with E-state index in [0.717, 1.165) is 10.9 Å². The van der Waals surface area contributed by atoms with E-state index in [0.29, 0.717) is 5.56 Å². The lowest BCUT2D eigenvalue weighted by atomic mass is 10.0. The average Bonchev–Trinajstić information content (AvgIpc) is 3.30. The zero-order chi connectivity index (χ0) is 30.7. The number of fused-ring (bicyclic) bond motifs is 1. The number of hydrogen-bond acceptors (Lipinski definition) is 8. The van der Waals surface area contributed by atoms with Crippen molar-refractivity contribution in [1.29, 1.82) is 0 Å². The van der Waals surface area contributed by atoms with Gasteiger partial charge in [0.1, 0.15) is 18.1 Å². The summed E-state index contributed by atoms with van der Waals surface area (Å²) in [4.78, 5) is 86.8. The molecule has 1 heterocycles. The summed E-state index contributed by atoms with van der Waals surface area (Å²) in [6, 6.07) is 1.08. The molecule has 0 bridgehead atoms. The first kappa shape index (κ1) is 32.2. The van der Waals surface area contributed by atoms with Crippen LogP contribution in [0.1, 0.15) is 37.7 Å². The van der Waals surface area contributed by atoms with Gasteiger partial charge in [0, 0.05) is 36.4 Å². The zero-order valence-electron chi connectivity index (χ0n) is 21.8. The first-order valence-corrected chi connectivity index (χ1v) is 12.4. The van der Waals surface area contributed by atoms with Crippen molar-refractivity contribution >= 4 is 52.4 Å². The number of amides is 4. The van der Waals surface area contributed by atoms with Crippen molar-refractivity contribution in [2.45, 2.75) is 62.7 Å². The number of hydrogen-bond donors (Lipinski definition) is 9. The second kappa shape index (κ2) is 15.0. The van der Waals surface area contributed by atoms with E-state index in [2.05, 4.69) is 20.9 Å². The van der Waals surface area contributed by atoms with Crippen molar-refractivity contribution < 1.29 is 48.9 Å². The Bertz CT molecular complexity index is 1310. The molecule has 16 heteroatoms. The van der Waals surface area contributed by atoms with Gasteiger partial charge >= 0.3 is 17.9 Å². The maximum Gasteiger partial charge on any atom is 0.326 e. The van der Waals surface area contributed by atoms with E-state index in [1.807, 2.05) is 0 Å². The van der Waals surface area contributed by atoms with E-state index in [4.69, 9.17) is 21.7 Å². The molecule has 0 saturated carbocycles. The molecule has 0 spiro atoms. The third kappa shape index (κ3) is 10.2. The second-order valence-corrected chi connectivity index (χ2v) is 9.23. The van der Waals surface area contributed by atoms with Crippen LogP contribution in [-0.4, -0.2) is 86.0 Å². The highest BCUT2D eigenvalue weighted by Gasteiger charge is 2.31. The number of aliphatic carboxylic acids is 3. The van der Waals surface area contributed by atoms with Crippen LogP contribution in [0, 0.1) is 0 Å². The van der Waals surface area contributed by atoms with Crippen molar-refractivity contribution in [3.05, 3.63) is 36.0 Å². The molecule has 1 aromatic carbocycles. The summed E-state index contributed by atoms with van der Waals surface area (Å²) in [5.74, 6) is -7.96. The highest BCUT2D eigenvalue weighted by molar-refractivity contribution is 5.95. The van der Waals surface area contributed by atoms with Gasteiger partial charge in [-0.1, -0.05) is 18.2 Å². The molecule has 4 amide bonds. The van der Waals surface area contributed by atoms with Crippen LogP contribution in [0.4, 0.5) is 0 Å². The number of carbonyl (C=O) groups excluding carboxylic acids is 4. The number of H-pyrrole nitrogens is 1. The van der Waals surface area contributed by atoms with E-state index >= 15 is 0 Å². The zero-order valence-corrected chi connectivity index (χ0v) is 21.8. The van der Waals surface area contributed by atoms with Gasteiger partial charge in [-0.15, -0.1) is 0 Å². The number of carboxylic acids is 3. The normalized spacial score (nSPS) is 13.8. The molecule has 16 nitrogen and oxygen atoms in total.